The molecule has 2 aromatic rings. The van der Waals surface area contributed by atoms with E-state index in [1.165, 1.54) is 39.2 Å². The SMILES string of the molecule is CC1(C)OB(C2=CC3=C(CC2)N2c4ccccc4NC2c2ccccc23)OC1(C)C. The zero-order chi connectivity index (χ0) is 20.7. The average Bonchev–Trinajstić information content (AvgIpc) is 3.22. The number of benzene rings is 2. The third kappa shape index (κ3) is 2.42. The molecule has 0 aromatic heterocycles. The first kappa shape index (κ1) is 18.3. The van der Waals surface area contributed by atoms with Gasteiger partial charge in [0.1, 0.15) is 6.17 Å². The minimum Gasteiger partial charge on any atom is -0.400 e. The molecule has 1 saturated heterocycles. The Morgan fingerprint density at radius 3 is 2.43 bits per heavy atom. The molecule has 2 aromatic carbocycles. The predicted molar refractivity (Wildman–Crippen MR) is 122 cm³/mol. The van der Waals surface area contributed by atoms with E-state index in [2.05, 4.69) is 92.5 Å². The third-order valence-electron chi connectivity index (χ3n) is 7.40. The molecule has 0 amide bonds. The van der Waals surface area contributed by atoms with Gasteiger partial charge in [0.2, 0.25) is 0 Å². The Labute approximate surface area is 178 Å². The number of fused-ring (bicyclic) bond motifs is 7. The molecule has 30 heavy (non-hydrogen) atoms. The van der Waals surface area contributed by atoms with Gasteiger partial charge < -0.3 is 19.5 Å². The van der Waals surface area contributed by atoms with Crippen LogP contribution in [-0.2, 0) is 9.31 Å². The highest BCUT2D eigenvalue weighted by Gasteiger charge is 2.53. The maximum atomic E-state index is 6.38. The van der Waals surface area contributed by atoms with Crippen LogP contribution in [0, 0.1) is 0 Å². The molecule has 1 N–H and O–H groups in total. The topological polar surface area (TPSA) is 33.7 Å². The van der Waals surface area contributed by atoms with Crippen molar-refractivity contribution in [3.63, 3.8) is 0 Å². The van der Waals surface area contributed by atoms with E-state index in [1.807, 2.05) is 0 Å². The van der Waals surface area contributed by atoms with E-state index in [9.17, 15) is 0 Å². The van der Waals surface area contributed by atoms with E-state index in [0.717, 1.165) is 12.8 Å². The smallest absolute Gasteiger partial charge is 0.400 e. The summed E-state index contributed by atoms with van der Waals surface area (Å²) in [6.07, 6.45) is 4.41. The Kier molecular flexibility index (Phi) is 3.67. The zero-order valence-corrected chi connectivity index (χ0v) is 18.0. The van der Waals surface area contributed by atoms with Crippen molar-refractivity contribution >= 4 is 24.1 Å². The normalized spacial score (nSPS) is 25.2. The van der Waals surface area contributed by atoms with Gasteiger partial charge in [0.15, 0.2) is 0 Å². The fourth-order valence-corrected chi connectivity index (χ4v) is 5.06. The second-order valence-electron chi connectivity index (χ2n) is 9.69. The van der Waals surface area contributed by atoms with Crippen LogP contribution < -0.4 is 10.2 Å². The van der Waals surface area contributed by atoms with Crippen LogP contribution in [0.3, 0.4) is 0 Å². The molecule has 0 bridgehead atoms. The lowest BCUT2D eigenvalue weighted by Gasteiger charge is -2.39. The second kappa shape index (κ2) is 6.02. The van der Waals surface area contributed by atoms with E-state index in [1.54, 1.807) is 0 Å². The van der Waals surface area contributed by atoms with Gasteiger partial charge >= 0.3 is 7.12 Å². The first-order chi connectivity index (χ1) is 14.4. The predicted octanol–water partition coefficient (Wildman–Crippen LogP) is 5.69. The molecule has 0 saturated carbocycles. The number of nitrogens with zero attached hydrogens (tertiary/aromatic N) is 1. The first-order valence-electron chi connectivity index (χ1n) is 10.9. The minimum atomic E-state index is -0.319. The van der Waals surface area contributed by atoms with Crippen LogP contribution in [0.4, 0.5) is 11.4 Å². The van der Waals surface area contributed by atoms with Gasteiger partial charge in [-0.25, -0.2) is 0 Å². The maximum absolute atomic E-state index is 6.38. The third-order valence-corrected chi connectivity index (χ3v) is 7.40. The maximum Gasteiger partial charge on any atom is 0.490 e. The van der Waals surface area contributed by atoms with Gasteiger partial charge in [-0.05, 0) is 63.7 Å². The summed E-state index contributed by atoms with van der Waals surface area (Å²) in [6, 6.07) is 17.4. The minimum absolute atomic E-state index is 0.157. The van der Waals surface area contributed by atoms with Gasteiger partial charge in [-0.3, -0.25) is 0 Å². The van der Waals surface area contributed by atoms with Crippen molar-refractivity contribution < 1.29 is 9.31 Å². The number of nitrogens with one attached hydrogen (secondary N) is 1. The van der Waals surface area contributed by atoms with Crippen molar-refractivity contribution in [2.45, 2.75) is 57.9 Å². The summed E-state index contributed by atoms with van der Waals surface area (Å²) in [4.78, 5) is 2.49. The monoisotopic (exact) mass is 398 g/mol. The molecule has 1 atom stereocenters. The van der Waals surface area contributed by atoms with Crippen LogP contribution in [0.5, 0.6) is 0 Å². The molecule has 4 nitrogen and oxygen atoms in total. The summed E-state index contributed by atoms with van der Waals surface area (Å²) >= 11 is 0. The number of hydrogen-bond acceptors (Lipinski definition) is 4. The molecule has 0 radical (unpaired) electrons. The molecule has 6 rings (SSSR count). The molecule has 1 unspecified atom stereocenters. The van der Waals surface area contributed by atoms with E-state index < -0.39 is 0 Å². The average molecular weight is 398 g/mol. The Morgan fingerprint density at radius 1 is 0.933 bits per heavy atom. The lowest BCUT2D eigenvalue weighted by Crippen LogP contribution is -2.41. The molecular weight excluding hydrogens is 371 g/mol. The largest absolute Gasteiger partial charge is 0.490 e. The van der Waals surface area contributed by atoms with Crippen LogP contribution in [0.2, 0.25) is 0 Å². The van der Waals surface area contributed by atoms with E-state index in [0.29, 0.717) is 0 Å². The molecule has 4 aliphatic rings. The van der Waals surface area contributed by atoms with Crippen molar-refractivity contribution in [2.24, 2.45) is 0 Å². The van der Waals surface area contributed by atoms with Gasteiger partial charge in [-0.2, -0.15) is 0 Å². The number of rotatable bonds is 1. The standard InChI is InChI=1S/C25H27BN2O2/c1-24(2)25(3,4)30-26(29-24)16-13-14-21-19(15-16)17-9-5-6-10-18(17)23-27-20-11-7-8-12-22(20)28(21)23/h5-12,15,23,27H,13-14H2,1-4H3. The molecule has 0 spiro atoms. The quantitative estimate of drug-likeness (QED) is 0.626. The van der Waals surface area contributed by atoms with Crippen molar-refractivity contribution in [1.29, 1.82) is 0 Å². The van der Waals surface area contributed by atoms with Gasteiger partial charge in [0, 0.05) is 16.8 Å². The fourth-order valence-electron chi connectivity index (χ4n) is 5.06. The summed E-state index contributed by atoms with van der Waals surface area (Å²) in [7, 11) is -0.280. The molecule has 152 valence electrons. The lowest BCUT2D eigenvalue weighted by molar-refractivity contribution is 0.00578. The summed E-state index contributed by atoms with van der Waals surface area (Å²) in [5.74, 6) is 0. The van der Waals surface area contributed by atoms with Crippen molar-refractivity contribution in [3.05, 3.63) is 76.9 Å². The van der Waals surface area contributed by atoms with Crippen LogP contribution in [0.1, 0.15) is 57.8 Å². The van der Waals surface area contributed by atoms with Gasteiger partial charge in [-0.15, -0.1) is 0 Å². The highest BCUT2D eigenvalue weighted by Crippen LogP contribution is 2.52. The Hall–Kier alpha value is -2.50. The fraction of sp³-hybridized carbons (Fsp3) is 0.360. The van der Waals surface area contributed by atoms with Crippen LogP contribution in [0.25, 0.3) is 5.57 Å². The molecule has 1 aliphatic carbocycles. The van der Waals surface area contributed by atoms with Gasteiger partial charge in [-0.1, -0.05) is 42.5 Å². The van der Waals surface area contributed by atoms with Crippen LogP contribution in [0.15, 0.2) is 65.8 Å². The number of anilines is 2. The Balaban J connectivity index is 1.48. The van der Waals surface area contributed by atoms with E-state index >= 15 is 0 Å². The lowest BCUT2D eigenvalue weighted by atomic mass is 9.70. The second-order valence-corrected chi connectivity index (χ2v) is 9.69. The summed E-state index contributed by atoms with van der Waals surface area (Å²) < 4.78 is 12.8. The number of hydrogen-bond donors (Lipinski definition) is 1. The molecular formula is C25H27BN2O2. The van der Waals surface area contributed by atoms with Crippen molar-refractivity contribution in [2.75, 3.05) is 10.2 Å². The molecule has 1 fully saturated rings. The summed E-state index contributed by atoms with van der Waals surface area (Å²) in [6.45, 7) is 8.48. The highest BCUT2D eigenvalue weighted by atomic mass is 16.7. The van der Waals surface area contributed by atoms with Crippen LogP contribution in [-0.4, -0.2) is 18.3 Å². The van der Waals surface area contributed by atoms with E-state index in [-0.39, 0.29) is 24.5 Å². The van der Waals surface area contributed by atoms with Crippen LogP contribution >= 0.6 is 0 Å². The number of para-hydroxylation sites is 2. The van der Waals surface area contributed by atoms with Crippen molar-refractivity contribution in [1.82, 2.24) is 0 Å². The zero-order valence-electron chi connectivity index (χ0n) is 18.0. The molecule has 3 heterocycles. The number of allylic oxidation sites excluding steroid dienone is 4. The van der Waals surface area contributed by atoms with E-state index in [4.69, 9.17) is 9.31 Å². The van der Waals surface area contributed by atoms with Crippen molar-refractivity contribution in [3.8, 4) is 0 Å². The Morgan fingerprint density at radius 2 is 1.63 bits per heavy atom. The Bertz CT molecular complexity index is 1100. The van der Waals surface area contributed by atoms with Gasteiger partial charge in [0.25, 0.3) is 0 Å². The summed E-state index contributed by atoms with van der Waals surface area (Å²) in [5.41, 5.74) is 8.38. The molecule has 5 heteroatoms. The van der Waals surface area contributed by atoms with Gasteiger partial charge in [0.05, 0.1) is 22.6 Å². The molecule has 3 aliphatic heterocycles. The highest BCUT2D eigenvalue weighted by molar-refractivity contribution is 6.55. The first-order valence-corrected chi connectivity index (χ1v) is 10.9. The summed E-state index contributed by atoms with van der Waals surface area (Å²) in [5, 5.41) is 3.74.